The van der Waals surface area contributed by atoms with Gasteiger partial charge in [0.1, 0.15) is 4.60 Å². The molecule has 0 aliphatic carbocycles. The summed E-state index contributed by atoms with van der Waals surface area (Å²) in [4.78, 5) is 16.9. The highest BCUT2D eigenvalue weighted by atomic mass is 79.9. The van der Waals surface area contributed by atoms with Crippen LogP contribution in [0, 0.1) is 6.92 Å². The zero-order chi connectivity index (χ0) is 14.5. The maximum Gasteiger partial charge on any atom is 0.321 e. The van der Waals surface area contributed by atoms with Crippen molar-refractivity contribution in [3.05, 3.63) is 27.4 Å². The van der Waals surface area contributed by atoms with Crippen LogP contribution in [0.2, 0.25) is 0 Å². The highest BCUT2D eigenvalue weighted by Gasteiger charge is 2.08. The minimum absolute atomic E-state index is 0.249. The predicted octanol–water partition coefficient (Wildman–Crippen LogP) is 2.79. The third-order valence-corrected chi connectivity index (χ3v) is 4.57. The third-order valence-electron chi connectivity index (χ3n) is 2.65. The zero-order valence-electron chi connectivity index (χ0n) is 11.3. The number of carbonyl (C=O) groups is 1. The number of urea groups is 1. The van der Waals surface area contributed by atoms with Gasteiger partial charge < -0.3 is 5.32 Å². The molecule has 0 saturated carbocycles. The third kappa shape index (κ3) is 4.04. The van der Waals surface area contributed by atoms with Crippen molar-refractivity contribution in [3.63, 3.8) is 0 Å². The first kappa shape index (κ1) is 15.0. The minimum atomic E-state index is -0.249. The van der Waals surface area contributed by atoms with E-state index in [1.807, 2.05) is 30.8 Å². The molecule has 0 fully saturated rings. The van der Waals surface area contributed by atoms with Crippen LogP contribution in [0.1, 0.15) is 17.5 Å². The number of aromatic nitrogens is 3. The van der Waals surface area contributed by atoms with Gasteiger partial charge in [-0.3, -0.25) is 10.00 Å². The van der Waals surface area contributed by atoms with Crippen LogP contribution < -0.4 is 10.6 Å². The highest BCUT2D eigenvalue weighted by molar-refractivity contribution is 9.10. The Hall–Kier alpha value is -1.41. The lowest BCUT2D eigenvalue weighted by Gasteiger charge is -2.03. The second-order valence-corrected chi connectivity index (χ2v) is 6.11. The number of nitrogens with one attached hydrogen (secondary N) is 2. The molecule has 8 heteroatoms. The van der Waals surface area contributed by atoms with Gasteiger partial charge in [-0.2, -0.15) is 5.10 Å². The van der Waals surface area contributed by atoms with Crippen molar-refractivity contribution in [1.82, 2.24) is 20.1 Å². The molecule has 0 atom stereocenters. The van der Waals surface area contributed by atoms with Gasteiger partial charge in [0.2, 0.25) is 0 Å². The standard InChI is InChI=1S/C12H16BrN5OS/c1-3-18-7-5-9(17-18)4-6-14-11(19)16-12-15-10(13)8(2)20-12/h5,7H,3-4,6H2,1-2H3,(H2,14,15,16,19). The normalized spacial score (nSPS) is 10.6. The fourth-order valence-electron chi connectivity index (χ4n) is 1.59. The van der Waals surface area contributed by atoms with E-state index in [-0.39, 0.29) is 6.03 Å². The quantitative estimate of drug-likeness (QED) is 0.863. The molecule has 108 valence electrons. The number of carbonyl (C=O) groups excluding carboxylic acids is 1. The summed E-state index contributed by atoms with van der Waals surface area (Å²) in [6.45, 7) is 5.37. The number of anilines is 1. The van der Waals surface area contributed by atoms with Crippen molar-refractivity contribution < 1.29 is 4.79 Å². The number of hydrogen-bond acceptors (Lipinski definition) is 4. The molecule has 2 amide bonds. The van der Waals surface area contributed by atoms with E-state index >= 15 is 0 Å². The fourth-order valence-corrected chi connectivity index (χ4v) is 2.83. The molecule has 0 saturated heterocycles. The average molecular weight is 358 g/mol. The molecule has 0 aliphatic rings. The Balaban J connectivity index is 1.75. The number of aryl methyl sites for hydroxylation is 2. The van der Waals surface area contributed by atoms with Crippen molar-refractivity contribution in [2.45, 2.75) is 26.8 Å². The average Bonchev–Trinajstić information content (AvgIpc) is 2.97. The number of halogens is 1. The molecule has 0 bridgehead atoms. The molecule has 2 N–H and O–H groups in total. The topological polar surface area (TPSA) is 71.8 Å². The van der Waals surface area contributed by atoms with Crippen LogP contribution in [-0.4, -0.2) is 27.3 Å². The van der Waals surface area contributed by atoms with Gasteiger partial charge >= 0.3 is 6.03 Å². The van der Waals surface area contributed by atoms with E-state index in [0.717, 1.165) is 21.7 Å². The van der Waals surface area contributed by atoms with Gasteiger partial charge in [-0.05, 0) is 35.8 Å². The largest absolute Gasteiger partial charge is 0.337 e. The molecule has 0 aromatic carbocycles. The van der Waals surface area contributed by atoms with Crippen LogP contribution in [0.15, 0.2) is 16.9 Å². The van der Waals surface area contributed by atoms with Crippen molar-refractivity contribution in [2.24, 2.45) is 0 Å². The Bertz CT molecular complexity index is 575. The van der Waals surface area contributed by atoms with Gasteiger partial charge in [0, 0.05) is 30.6 Å². The van der Waals surface area contributed by atoms with E-state index < -0.39 is 0 Å². The van der Waals surface area contributed by atoms with E-state index in [1.165, 1.54) is 11.3 Å². The Kier molecular flexibility index (Phi) is 5.13. The first-order chi connectivity index (χ1) is 9.58. The molecule has 0 radical (unpaired) electrons. The van der Waals surface area contributed by atoms with Gasteiger partial charge in [0.05, 0.1) is 5.69 Å². The van der Waals surface area contributed by atoms with Crippen molar-refractivity contribution in [1.29, 1.82) is 0 Å². The number of rotatable bonds is 5. The molecule has 0 aliphatic heterocycles. The number of hydrogen-bond donors (Lipinski definition) is 2. The second kappa shape index (κ2) is 6.85. The van der Waals surface area contributed by atoms with Crippen LogP contribution in [0.25, 0.3) is 0 Å². The Morgan fingerprint density at radius 2 is 2.35 bits per heavy atom. The smallest absolute Gasteiger partial charge is 0.321 e. The summed E-state index contributed by atoms with van der Waals surface area (Å²) < 4.78 is 2.63. The predicted molar refractivity (Wildman–Crippen MR) is 83.2 cm³/mol. The maximum atomic E-state index is 11.7. The number of nitrogens with zero attached hydrogens (tertiary/aromatic N) is 3. The molecule has 0 unspecified atom stereocenters. The van der Waals surface area contributed by atoms with Gasteiger partial charge in [0.25, 0.3) is 0 Å². The molecule has 0 spiro atoms. The summed E-state index contributed by atoms with van der Waals surface area (Å²) in [5.41, 5.74) is 0.972. The molecule has 2 rings (SSSR count). The lowest BCUT2D eigenvalue weighted by molar-refractivity contribution is 0.252. The van der Waals surface area contributed by atoms with Crippen LogP contribution >= 0.6 is 27.3 Å². The first-order valence-corrected chi connectivity index (χ1v) is 7.89. The van der Waals surface area contributed by atoms with Crippen LogP contribution in [0.3, 0.4) is 0 Å². The summed E-state index contributed by atoms with van der Waals surface area (Å²) >= 11 is 4.75. The molecule has 20 heavy (non-hydrogen) atoms. The van der Waals surface area contributed by atoms with Crippen LogP contribution in [-0.2, 0) is 13.0 Å². The molecular weight excluding hydrogens is 342 g/mol. The first-order valence-electron chi connectivity index (χ1n) is 6.28. The maximum absolute atomic E-state index is 11.7. The minimum Gasteiger partial charge on any atom is -0.337 e. The summed E-state index contributed by atoms with van der Waals surface area (Å²) in [6.07, 6.45) is 2.65. The van der Waals surface area contributed by atoms with Gasteiger partial charge in [0.15, 0.2) is 5.13 Å². The molecular formula is C12H16BrN5OS. The van der Waals surface area contributed by atoms with E-state index in [0.29, 0.717) is 18.1 Å². The summed E-state index contributed by atoms with van der Waals surface area (Å²) in [5, 5.41) is 10.4. The SMILES string of the molecule is CCn1ccc(CCNC(=O)Nc2nc(Br)c(C)s2)n1. The van der Waals surface area contributed by atoms with Crippen LogP contribution in [0.5, 0.6) is 0 Å². The number of thiazole rings is 1. The van der Waals surface area contributed by atoms with E-state index in [1.54, 1.807) is 0 Å². The molecule has 2 aromatic heterocycles. The zero-order valence-corrected chi connectivity index (χ0v) is 13.7. The molecule has 6 nitrogen and oxygen atoms in total. The van der Waals surface area contributed by atoms with Gasteiger partial charge in [-0.1, -0.05) is 0 Å². The summed E-state index contributed by atoms with van der Waals surface area (Å²) in [7, 11) is 0. The highest BCUT2D eigenvalue weighted by Crippen LogP contribution is 2.25. The van der Waals surface area contributed by atoms with Gasteiger partial charge in [-0.25, -0.2) is 9.78 Å². The number of amides is 2. The van der Waals surface area contributed by atoms with E-state index in [4.69, 9.17) is 0 Å². The Labute approximate surface area is 129 Å². The summed E-state index contributed by atoms with van der Waals surface area (Å²) in [5.74, 6) is 0. The van der Waals surface area contributed by atoms with Gasteiger partial charge in [-0.15, -0.1) is 11.3 Å². The summed E-state index contributed by atoms with van der Waals surface area (Å²) in [6, 6.07) is 1.71. The van der Waals surface area contributed by atoms with E-state index in [2.05, 4.69) is 36.6 Å². The lowest BCUT2D eigenvalue weighted by Crippen LogP contribution is -2.30. The molecule has 2 heterocycles. The second-order valence-electron chi connectivity index (χ2n) is 4.16. The lowest BCUT2D eigenvalue weighted by atomic mass is 10.3. The monoisotopic (exact) mass is 357 g/mol. The fraction of sp³-hybridized carbons (Fsp3) is 0.417. The van der Waals surface area contributed by atoms with Crippen molar-refractivity contribution in [2.75, 3.05) is 11.9 Å². The van der Waals surface area contributed by atoms with Crippen molar-refractivity contribution >= 4 is 38.4 Å². The Morgan fingerprint density at radius 3 is 2.95 bits per heavy atom. The van der Waals surface area contributed by atoms with Crippen molar-refractivity contribution in [3.8, 4) is 0 Å². The van der Waals surface area contributed by atoms with E-state index in [9.17, 15) is 4.79 Å². The molecule has 2 aromatic rings. The van der Waals surface area contributed by atoms with Crippen LogP contribution in [0.4, 0.5) is 9.93 Å². The Morgan fingerprint density at radius 1 is 1.55 bits per heavy atom.